The Bertz CT molecular complexity index is 680. The minimum atomic E-state index is 0.945. The van der Waals surface area contributed by atoms with E-state index in [9.17, 15) is 0 Å². The number of fused-ring (bicyclic) bond motifs is 1. The Morgan fingerprint density at radius 1 is 1.00 bits per heavy atom. The maximum atomic E-state index is 4.81. The van der Waals surface area contributed by atoms with Crippen molar-refractivity contribution in [3.8, 4) is 0 Å². The predicted molar refractivity (Wildman–Crippen MR) is 107 cm³/mol. The molecule has 0 aliphatic heterocycles. The summed E-state index contributed by atoms with van der Waals surface area (Å²) in [6.45, 7) is 2.45. The first-order chi connectivity index (χ1) is 12.1. The van der Waals surface area contributed by atoms with Crippen molar-refractivity contribution in [2.45, 2.75) is 64.7 Å². The van der Waals surface area contributed by atoms with Crippen molar-refractivity contribution in [3.63, 3.8) is 0 Å². The summed E-state index contributed by atoms with van der Waals surface area (Å²) in [5.74, 6) is 3.95. The van der Waals surface area contributed by atoms with Gasteiger partial charge in [-0.3, -0.25) is 0 Å². The Hall–Kier alpha value is -1.64. The summed E-state index contributed by atoms with van der Waals surface area (Å²) >= 11 is 0. The summed E-state index contributed by atoms with van der Waals surface area (Å²) in [7, 11) is 4.12. The summed E-state index contributed by atoms with van der Waals surface area (Å²) in [4.78, 5) is 11.7. The molecule has 2 unspecified atom stereocenters. The van der Waals surface area contributed by atoms with Crippen LogP contribution in [0.25, 0.3) is 10.9 Å². The van der Waals surface area contributed by atoms with Gasteiger partial charge in [0, 0.05) is 25.9 Å². The summed E-state index contributed by atoms with van der Waals surface area (Å²) in [5, 5.41) is 1.14. The van der Waals surface area contributed by atoms with Gasteiger partial charge in [0.2, 0.25) is 0 Å². The van der Waals surface area contributed by atoms with Crippen molar-refractivity contribution >= 4 is 16.7 Å². The predicted octanol–water partition coefficient (Wildman–Crippen LogP) is 5.63. The Labute approximate surface area is 152 Å². The number of aryl methyl sites for hydroxylation is 1. The van der Waals surface area contributed by atoms with Gasteiger partial charge in [0.15, 0.2) is 0 Å². The summed E-state index contributed by atoms with van der Waals surface area (Å²) in [6, 6.07) is 8.33. The lowest BCUT2D eigenvalue weighted by Gasteiger charge is -2.28. The number of anilines is 1. The molecule has 0 N–H and O–H groups in total. The van der Waals surface area contributed by atoms with Gasteiger partial charge in [-0.05, 0) is 30.4 Å². The smallest absolute Gasteiger partial charge is 0.139 e. The fraction of sp³-hybridized carbons (Fsp3) is 0.636. The molecule has 1 aliphatic carbocycles. The molecule has 1 heterocycles. The van der Waals surface area contributed by atoms with E-state index in [2.05, 4.69) is 50.2 Å². The number of nitrogens with zero attached hydrogens (tertiary/aromatic N) is 3. The number of hydrogen-bond acceptors (Lipinski definition) is 3. The Kier molecular flexibility index (Phi) is 6.28. The third-order valence-electron chi connectivity index (χ3n) is 5.82. The number of hydrogen-bond donors (Lipinski definition) is 0. The molecular weight excluding hydrogens is 306 g/mol. The van der Waals surface area contributed by atoms with Crippen LogP contribution in [0.1, 0.15) is 64.1 Å². The van der Waals surface area contributed by atoms with E-state index in [1.165, 1.54) is 51.4 Å². The molecule has 1 aromatic carbocycles. The molecule has 0 bridgehead atoms. The summed E-state index contributed by atoms with van der Waals surface area (Å²) in [5.41, 5.74) is 1.06. The van der Waals surface area contributed by atoms with Crippen molar-refractivity contribution < 1.29 is 0 Å². The SMILES string of the molecule is CC1CCCCC1CCCCCc1nc(N(C)C)c2ccccc2n1. The van der Waals surface area contributed by atoms with Crippen LogP contribution >= 0.6 is 0 Å². The first kappa shape index (κ1) is 18.2. The van der Waals surface area contributed by atoms with Gasteiger partial charge in [-0.1, -0.05) is 64.0 Å². The molecular formula is C22H33N3. The summed E-state index contributed by atoms with van der Waals surface area (Å²) in [6.07, 6.45) is 12.1. The van der Waals surface area contributed by atoms with Gasteiger partial charge in [-0.25, -0.2) is 9.97 Å². The molecule has 25 heavy (non-hydrogen) atoms. The molecule has 0 radical (unpaired) electrons. The normalized spacial score (nSPS) is 20.8. The molecule has 1 saturated carbocycles. The third-order valence-corrected chi connectivity index (χ3v) is 5.82. The van der Waals surface area contributed by atoms with Crippen LogP contribution in [0.5, 0.6) is 0 Å². The molecule has 0 saturated heterocycles. The van der Waals surface area contributed by atoms with E-state index in [0.29, 0.717) is 0 Å². The van der Waals surface area contributed by atoms with Crippen LogP contribution in [0.2, 0.25) is 0 Å². The van der Waals surface area contributed by atoms with Gasteiger partial charge >= 0.3 is 0 Å². The van der Waals surface area contributed by atoms with E-state index in [4.69, 9.17) is 9.97 Å². The van der Waals surface area contributed by atoms with Gasteiger partial charge in [0.25, 0.3) is 0 Å². The molecule has 2 atom stereocenters. The topological polar surface area (TPSA) is 29.0 Å². The second kappa shape index (κ2) is 8.64. The zero-order valence-electron chi connectivity index (χ0n) is 16.2. The number of rotatable bonds is 7. The molecule has 1 aromatic heterocycles. The van der Waals surface area contributed by atoms with Crippen LogP contribution in [0.4, 0.5) is 5.82 Å². The zero-order valence-corrected chi connectivity index (χ0v) is 16.2. The highest BCUT2D eigenvalue weighted by Gasteiger charge is 2.20. The average molecular weight is 340 g/mol. The van der Waals surface area contributed by atoms with E-state index in [0.717, 1.165) is 40.8 Å². The number of aromatic nitrogens is 2. The molecule has 0 spiro atoms. The lowest BCUT2D eigenvalue weighted by atomic mass is 9.78. The first-order valence-electron chi connectivity index (χ1n) is 10.1. The van der Waals surface area contributed by atoms with Crippen molar-refractivity contribution in [3.05, 3.63) is 30.1 Å². The molecule has 136 valence electrons. The van der Waals surface area contributed by atoms with E-state index in [-0.39, 0.29) is 0 Å². The van der Waals surface area contributed by atoms with Crippen LogP contribution in [0.3, 0.4) is 0 Å². The second-order valence-electron chi connectivity index (χ2n) is 8.00. The number of para-hydroxylation sites is 1. The third kappa shape index (κ3) is 4.71. The quantitative estimate of drug-likeness (QED) is 0.613. The average Bonchev–Trinajstić information content (AvgIpc) is 2.62. The maximum absolute atomic E-state index is 4.81. The van der Waals surface area contributed by atoms with Crippen LogP contribution in [-0.2, 0) is 6.42 Å². The second-order valence-corrected chi connectivity index (χ2v) is 8.00. The largest absolute Gasteiger partial charge is 0.362 e. The highest BCUT2D eigenvalue weighted by atomic mass is 15.1. The monoisotopic (exact) mass is 339 g/mol. The van der Waals surface area contributed by atoms with Gasteiger partial charge < -0.3 is 4.90 Å². The molecule has 3 heteroatoms. The number of benzene rings is 1. The number of unbranched alkanes of at least 4 members (excludes halogenated alkanes) is 2. The van der Waals surface area contributed by atoms with Crippen molar-refractivity contribution in [1.29, 1.82) is 0 Å². The van der Waals surface area contributed by atoms with Gasteiger partial charge in [-0.15, -0.1) is 0 Å². The zero-order chi connectivity index (χ0) is 17.6. The minimum absolute atomic E-state index is 0.945. The van der Waals surface area contributed by atoms with Crippen LogP contribution in [0.15, 0.2) is 24.3 Å². The highest BCUT2D eigenvalue weighted by Crippen LogP contribution is 2.33. The van der Waals surface area contributed by atoms with E-state index in [1.54, 1.807) is 0 Å². The van der Waals surface area contributed by atoms with Crippen LogP contribution < -0.4 is 4.90 Å². The Morgan fingerprint density at radius 3 is 2.60 bits per heavy atom. The van der Waals surface area contributed by atoms with Crippen LogP contribution in [0, 0.1) is 11.8 Å². The van der Waals surface area contributed by atoms with E-state index >= 15 is 0 Å². The lowest BCUT2D eigenvalue weighted by molar-refractivity contribution is 0.236. The molecule has 2 aromatic rings. The minimum Gasteiger partial charge on any atom is -0.362 e. The van der Waals surface area contributed by atoms with E-state index in [1.807, 2.05) is 0 Å². The first-order valence-corrected chi connectivity index (χ1v) is 10.1. The van der Waals surface area contributed by atoms with Gasteiger partial charge in [0.1, 0.15) is 11.6 Å². The Morgan fingerprint density at radius 2 is 1.80 bits per heavy atom. The lowest BCUT2D eigenvalue weighted by Crippen LogP contribution is -2.16. The standard InChI is InChI=1S/C22H33N3/c1-17-11-7-8-13-18(17)12-5-4-6-16-21-23-20-15-10-9-14-19(20)22(24-21)25(2)3/h9-10,14-15,17-18H,4-8,11-13,16H2,1-3H3. The Balaban J connectivity index is 1.53. The van der Waals surface area contributed by atoms with Crippen molar-refractivity contribution in [1.82, 2.24) is 9.97 Å². The molecule has 1 fully saturated rings. The van der Waals surface area contributed by atoms with Crippen molar-refractivity contribution in [2.24, 2.45) is 11.8 Å². The molecule has 0 amide bonds. The fourth-order valence-electron chi connectivity index (χ4n) is 4.25. The fourth-order valence-corrected chi connectivity index (χ4v) is 4.25. The maximum Gasteiger partial charge on any atom is 0.139 e. The van der Waals surface area contributed by atoms with Crippen molar-refractivity contribution in [2.75, 3.05) is 19.0 Å². The summed E-state index contributed by atoms with van der Waals surface area (Å²) < 4.78 is 0. The molecule has 3 nitrogen and oxygen atoms in total. The van der Waals surface area contributed by atoms with Gasteiger partial charge in [0.05, 0.1) is 5.52 Å². The van der Waals surface area contributed by atoms with Crippen LogP contribution in [-0.4, -0.2) is 24.1 Å². The molecule has 1 aliphatic rings. The molecule has 3 rings (SSSR count). The highest BCUT2D eigenvalue weighted by molar-refractivity contribution is 5.89. The van der Waals surface area contributed by atoms with Gasteiger partial charge in [-0.2, -0.15) is 0 Å². The van der Waals surface area contributed by atoms with E-state index < -0.39 is 0 Å².